The Labute approximate surface area is 167 Å². The predicted octanol–water partition coefficient (Wildman–Crippen LogP) is 4.32. The Morgan fingerprint density at radius 1 is 0.857 bits per heavy atom. The fraction of sp³-hybridized carbons (Fsp3) is 0.240. The van der Waals surface area contributed by atoms with Gasteiger partial charge >= 0.3 is 0 Å². The third-order valence-electron chi connectivity index (χ3n) is 4.91. The standard InChI is InChI=1S/C25H28N2O/c1-2-3-10-20-15-17-23(18-16-20)27-24(28)19-26-25(21-11-6-4-7-12-21)22-13-8-5-9-14-22/h4-9,11-18,25-26H,2-3,10,19H2,1H3,(H,27,28)/p+1. The van der Waals surface area contributed by atoms with Gasteiger partial charge in [0.2, 0.25) is 0 Å². The highest BCUT2D eigenvalue weighted by Crippen LogP contribution is 2.17. The van der Waals surface area contributed by atoms with Crippen molar-refractivity contribution in [2.75, 3.05) is 11.9 Å². The Balaban J connectivity index is 1.61. The third-order valence-corrected chi connectivity index (χ3v) is 4.91. The van der Waals surface area contributed by atoms with E-state index in [2.05, 4.69) is 54.0 Å². The first-order valence-electron chi connectivity index (χ1n) is 10.1. The van der Waals surface area contributed by atoms with Crippen molar-refractivity contribution >= 4 is 11.6 Å². The average molecular weight is 374 g/mol. The lowest BCUT2D eigenvalue weighted by atomic mass is 9.99. The first kappa shape index (κ1) is 19.8. The largest absolute Gasteiger partial charge is 0.328 e. The van der Waals surface area contributed by atoms with Crippen LogP contribution in [-0.4, -0.2) is 12.5 Å². The Hall–Kier alpha value is -2.91. The molecule has 0 atom stereocenters. The van der Waals surface area contributed by atoms with E-state index in [0.717, 1.165) is 12.1 Å². The minimum absolute atomic E-state index is 0.0122. The van der Waals surface area contributed by atoms with Crippen molar-refractivity contribution in [3.8, 4) is 0 Å². The van der Waals surface area contributed by atoms with Crippen LogP contribution in [0.1, 0.15) is 42.5 Å². The Morgan fingerprint density at radius 3 is 1.96 bits per heavy atom. The summed E-state index contributed by atoms with van der Waals surface area (Å²) in [6.45, 7) is 2.56. The van der Waals surface area contributed by atoms with Crippen molar-refractivity contribution in [3.05, 3.63) is 102 Å². The molecule has 0 saturated heterocycles. The van der Waals surface area contributed by atoms with Gasteiger partial charge in [-0.15, -0.1) is 0 Å². The molecule has 0 heterocycles. The molecule has 144 valence electrons. The van der Waals surface area contributed by atoms with Crippen LogP contribution in [0.25, 0.3) is 0 Å². The van der Waals surface area contributed by atoms with Crippen LogP contribution < -0.4 is 10.6 Å². The number of carbonyl (C=O) groups is 1. The molecule has 0 unspecified atom stereocenters. The maximum Gasteiger partial charge on any atom is 0.279 e. The molecule has 0 radical (unpaired) electrons. The smallest absolute Gasteiger partial charge is 0.279 e. The molecule has 0 aliphatic rings. The van der Waals surface area contributed by atoms with Crippen LogP contribution in [-0.2, 0) is 11.2 Å². The fourth-order valence-corrected chi connectivity index (χ4v) is 3.36. The highest BCUT2D eigenvalue weighted by molar-refractivity contribution is 5.91. The minimum Gasteiger partial charge on any atom is -0.328 e. The summed E-state index contributed by atoms with van der Waals surface area (Å²) in [5, 5.41) is 5.11. The zero-order valence-electron chi connectivity index (χ0n) is 16.5. The van der Waals surface area contributed by atoms with Gasteiger partial charge < -0.3 is 10.6 Å². The van der Waals surface area contributed by atoms with Crippen LogP contribution in [0.5, 0.6) is 0 Å². The average Bonchev–Trinajstić information content (AvgIpc) is 2.75. The summed E-state index contributed by atoms with van der Waals surface area (Å²) in [5.74, 6) is 0.0122. The van der Waals surface area contributed by atoms with Crippen LogP contribution in [0, 0.1) is 0 Å². The molecule has 3 rings (SSSR count). The lowest BCUT2D eigenvalue weighted by Gasteiger charge is -2.16. The molecular formula is C25H29N2O+. The summed E-state index contributed by atoms with van der Waals surface area (Å²) in [7, 11) is 0. The summed E-state index contributed by atoms with van der Waals surface area (Å²) in [4.78, 5) is 12.5. The van der Waals surface area contributed by atoms with Gasteiger partial charge in [0.1, 0.15) is 6.04 Å². The van der Waals surface area contributed by atoms with Gasteiger partial charge in [0.05, 0.1) is 0 Å². The van der Waals surface area contributed by atoms with E-state index in [9.17, 15) is 4.79 Å². The first-order chi connectivity index (χ1) is 13.8. The van der Waals surface area contributed by atoms with Crippen molar-refractivity contribution in [2.45, 2.75) is 32.2 Å². The van der Waals surface area contributed by atoms with E-state index >= 15 is 0 Å². The second-order valence-electron chi connectivity index (χ2n) is 7.09. The lowest BCUT2D eigenvalue weighted by Crippen LogP contribution is -2.87. The van der Waals surface area contributed by atoms with Crippen LogP contribution in [0.15, 0.2) is 84.9 Å². The maximum atomic E-state index is 12.5. The number of nitrogens with two attached hydrogens (primary N) is 1. The normalized spacial score (nSPS) is 10.8. The first-order valence-corrected chi connectivity index (χ1v) is 10.1. The summed E-state index contributed by atoms with van der Waals surface area (Å²) in [6.07, 6.45) is 3.48. The maximum absolute atomic E-state index is 12.5. The number of carbonyl (C=O) groups excluding carboxylic acids is 1. The van der Waals surface area contributed by atoms with E-state index in [0.29, 0.717) is 6.54 Å². The second kappa shape index (κ2) is 10.4. The fourth-order valence-electron chi connectivity index (χ4n) is 3.36. The van der Waals surface area contributed by atoms with Gasteiger partial charge in [-0.2, -0.15) is 0 Å². The molecule has 3 nitrogen and oxygen atoms in total. The van der Waals surface area contributed by atoms with E-state index in [1.165, 1.54) is 29.5 Å². The summed E-state index contributed by atoms with van der Waals surface area (Å²) in [6, 6.07) is 28.9. The number of amides is 1. The van der Waals surface area contributed by atoms with Crippen molar-refractivity contribution in [1.29, 1.82) is 0 Å². The van der Waals surface area contributed by atoms with E-state index in [-0.39, 0.29) is 11.9 Å². The van der Waals surface area contributed by atoms with Crippen LogP contribution >= 0.6 is 0 Å². The molecular weight excluding hydrogens is 344 g/mol. The molecule has 0 aliphatic heterocycles. The van der Waals surface area contributed by atoms with E-state index < -0.39 is 0 Å². The van der Waals surface area contributed by atoms with E-state index in [1.54, 1.807) is 0 Å². The van der Waals surface area contributed by atoms with Gasteiger partial charge in [0, 0.05) is 16.8 Å². The molecule has 3 N–H and O–H groups in total. The molecule has 28 heavy (non-hydrogen) atoms. The molecule has 3 aromatic rings. The summed E-state index contributed by atoms with van der Waals surface area (Å²) in [5.41, 5.74) is 4.57. The highest BCUT2D eigenvalue weighted by Gasteiger charge is 2.18. The van der Waals surface area contributed by atoms with Crippen molar-refractivity contribution in [2.24, 2.45) is 0 Å². The van der Waals surface area contributed by atoms with Gasteiger partial charge in [-0.1, -0.05) is 86.1 Å². The summed E-state index contributed by atoms with van der Waals surface area (Å²) >= 11 is 0. The highest BCUT2D eigenvalue weighted by atomic mass is 16.1. The monoisotopic (exact) mass is 373 g/mol. The van der Waals surface area contributed by atoms with E-state index in [4.69, 9.17) is 0 Å². The van der Waals surface area contributed by atoms with Crippen molar-refractivity contribution in [3.63, 3.8) is 0 Å². The van der Waals surface area contributed by atoms with Crippen LogP contribution in [0.4, 0.5) is 5.69 Å². The quantitative estimate of drug-likeness (QED) is 0.576. The zero-order valence-corrected chi connectivity index (χ0v) is 16.5. The van der Waals surface area contributed by atoms with Gasteiger partial charge in [-0.05, 0) is 30.5 Å². The minimum atomic E-state index is 0.0122. The molecule has 0 aliphatic carbocycles. The zero-order chi connectivity index (χ0) is 19.6. The SMILES string of the molecule is CCCCc1ccc(NC(=O)C[NH2+]C(c2ccccc2)c2ccccc2)cc1. The molecule has 3 aromatic carbocycles. The number of benzene rings is 3. The molecule has 0 saturated carbocycles. The number of anilines is 1. The molecule has 0 fully saturated rings. The third kappa shape index (κ3) is 5.80. The number of aryl methyl sites for hydroxylation is 1. The van der Waals surface area contributed by atoms with Gasteiger partial charge in [0.25, 0.3) is 5.91 Å². The molecule has 0 aromatic heterocycles. The van der Waals surface area contributed by atoms with Crippen LogP contribution in [0.2, 0.25) is 0 Å². The second-order valence-corrected chi connectivity index (χ2v) is 7.09. The topological polar surface area (TPSA) is 45.7 Å². The number of hydrogen-bond acceptors (Lipinski definition) is 1. The molecule has 3 heteroatoms. The van der Waals surface area contributed by atoms with Crippen molar-refractivity contribution < 1.29 is 10.1 Å². The van der Waals surface area contributed by atoms with Gasteiger partial charge in [0.15, 0.2) is 6.54 Å². The number of unbranched alkanes of at least 4 members (excludes halogenated alkanes) is 1. The lowest BCUT2D eigenvalue weighted by molar-refractivity contribution is -0.676. The molecule has 1 amide bonds. The molecule has 0 bridgehead atoms. The number of rotatable bonds is 9. The Bertz CT molecular complexity index is 805. The Morgan fingerprint density at radius 2 is 1.43 bits per heavy atom. The Kier molecular flexibility index (Phi) is 7.39. The number of quaternary nitrogens is 1. The van der Waals surface area contributed by atoms with Crippen LogP contribution in [0.3, 0.4) is 0 Å². The van der Waals surface area contributed by atoms with E-state index in [1.807, 2.05) is 48.5 Å². The van der Waals surface area contributed by atoms with Gasteiger partial charge in [-0.25, -0.2) is 0 Å². The van der Waals surface area contributed by atoms with Gasteiger partial charge in [-0.3, -0.25) is 4.79 Å². The number of nitrogens with one attached hydrogen (secondary N) is 1. The number of hydrogen-bond donors (Lipinski definition) is 2. The van der Waals surface area contributed by atoms with Crippen molar-refractivity contribution in [1.82, 2.24) is 0 Å². The molecule has 0 spiro atoms. The predicted molar refractivity (Wildman–Crippen MR) is 115 cm³/mol. The summed E-state index contributed by atoms with van der Waals surface area (Å²) < 4.78 is 0.